The molecule has 0 saturated carbocycles. The number of aryl methyl sites for hydroxylation is 1. The van der Waals surface area contributed by atoms with Crippen molar-refractivity contribution in [3.8, 4) is 27.9 Å². The standard InChI is InChI=1S/C57H45NO/c1-3-13-40(14-4-1)45-17-11-18-46(37-45)42-30-32-44(33-31-42)48(43-15-5-2-6-16-43)35-27-39-25-28-41(29-26-39)47-34-36-54-52(38-47)49-19-7-9-22-53(49)58(54)55-23-12-21-51-50-20-8-10-24-56(50)59-57(51)55/h1-5,7-15,17-26,28-30,32-34,36-38,42,48H,6,16,27,31,35H2. The monoisotopic (exact) mass is 759 g/mol. The molecule has 2 aliphatic carbocycles. The summed E-state index contributed by atoms with van der Waals surface area (Å²) in [7, 11) is 0. The number of furan rings is 1. The van der Waals surface area contributed by atoms with Crippen molar-refractivity contribution in [3.63, 3.8) is 0 Å². The first-order valence-corrected chi connectivity index (χ1v) is 21.2. The van der Waals surface area contributed by atoms with Crippen molar-refractivity contribution in [2.45, 2.75) is 38.0 Å². The number of benzene rings is 7. The highest BCUT2D eigenvalue weighted by molar-refractivity contribution is 6.13. The molecule has 2 unspecified atom stereocenters. The molecule has 0 fully saturated rings. The van der Waals surface area contributed by atoms with E-state index in [0.717, 1.165) is 59.7 Å². The Kier molecular flexibility index (Phi) is 9.04. The van der Waals surface area contributed by atoms with E-state index < -0.39 is 0 Å². The first-order chi connectivity index (χ1) is 29.2. The lowest BCUT2D eigenvalue weighted by Gasteiger charge is -2.26. The van der Waals surface area contributed by atoms with Gasteiger partial charge in [0.2, 0.25) is 0 Å². The molecule has 2 aromatic heterocycles. The Labute approximate surface area is 345 Å². The first-order valence-electron chi connectivity index (χ1n) is 21.2. The summed E-state index contributed by atoms with van der Waals surface area (Å²) in [5.41, 5.74) is 16.1. The summed E-state index contributed by atoms with van der Waals surface area (Å²) in [5, 5.41) is 4.77. The second kappa shape index (κ2) is 15.1. The van der Waals surface area contributed by atoms with Crippen LogP contribution in [0.4, 0.5) is 0 Å². The summed E-state index contributed by atoms with van der Waals surface area (Å²) in [5.74, 6) is 0.829. The number of para-hydroxylation sites is 3. The van der Waals surface area contributed by atoms with Gasteiger partial charge in [0.25, 0.3) is 0 Å². The lowest BCUT2D eigenvalue weighted by atomic mass is 9.78. The van der Waals surface area contributed by atoms with E-state index >= 15 is 0 Å². The summed E-state index contributed by atoms with van der Waals surface area (Å²) >= 11 is 0. The maximum absolute atomic E-state index is 6.52. The molecular formula is C57H45NO. The number of hydrogen-bond donors (Lipinski definition) is 0. The van der Waals surface area contributed by atoms with Gasteiger partial charge in [-0.3, -0.25) is 0 Å². The Morgan fingerprint density at radius 2 is 1.34 bits per heavy atom. The van der Waals surface area contributed by atoms with Crippen molar-refractivity contribution in [1.29, 1.82) is 0 Å². The zero-order chi connectivity index (χ0) is 39.1. The van der Waals surface area contributed by atoms with Crippen LogP contribution in [0.5, 0.6) is 0 Å². The molecule has 7 aromatic carbocycles. The van der Waals surface area contributed by atoms with Crippen LogP contribution in [0.3, 0.4) is 0 Å². The van der Waals surface area contributed by atoms with Gasteiger partial charge >= 0.3 is 0 Å². The van der Waals surface area contributed by atoms with E-state index in [9.17, 15) is 0 Å². The molecule has 2 heteroatoms. The van der Waals surface area contributed by atoms with E-state index in [2.05, 4.69) is 199 Å². The van der Waals surface area contributed by atoms with E-state index in [1.54, 1.807) is 5.57 Å². The zero-order valence-corrected chi connectivity index (χ0v) is 33.1. The van der Waals surface area contributed by atoms with Crippen molar-refractivity contribution >= 4 is 43.7 Å². The predicted molar refractivity (Wildman–Crippen MR) is 248 cm³/mol. The first kappa shape index (κ1) is 35.3. The second-order valence-electron chi connectivity index (χ2n) is 16.2. The van der Waals surface area contributed by atoms with Crippen LogP contribution in [0.15, 0.2) is 216 Å². The minimum Gasteiger partial charge on any atom is -0.454 e. The highest BCUT2D eigenvalue weighted by Crippen LogP contribution is 2.40. The van der Waals surface area contributed by atoms with Gasteiger partial charge in [0.15, 0.2) is 5.58 Å². The van der Waals surface area contributed by atoms with Crippen molar-refractivity contribution in [2.24, 2.45) is 5.92 Å². The summed E-state index contributed by atoms with van der Waals surface area (Å²) in [6.07, 6.45) is 19.8. The third-order valence-electron chi connectivity index (χ3n) is 12.8. The van der Waals surface area contributed by atoms with Crippen molar-refractivity contribution in [1.82, 2.24) is 4.57 Å². The Morgan fingerprint density at radius 1 is 0.610 bits per heavy atom. The number of hydrogen-bond acceptors (Lipinski definition) is 1. The molecule has 0 amide bonds. The smallest absolute Gasteiger partial charge is 0.159 e. The van der Waals surface area contributed by atoms with E-state index in [-0.39, 0.29) is 0 Å². The van der Waals surface area contributed by atoms with E-state index in [1.807, 2.05) is 6.07 Å². The summed E-state index contributed by atoms with van der Waals surface area (Å²) in [6.45, 7) is 0. The Morgan fingerprint density at radius 3 is 2.19 bits per heavy atom. The molecule has 2 nitrogen and oxygen atoms in total. The molecule has 0 N–H and O–H groups in total. The Hall–Kier alpha value is -6.90. The van der Waals surface area contributed by atoms with Crippen LogP contribution in [0.1, 0.15) is 42.7 Å². The van der Waals surface area contributed by atoms with Crippen molar-refractivity contribution in [3.05, 3.63) is 223 Å². The van der Waals surface area contributed by atoms with Gasteiger partial charge in [-0.05, 0) is 101 Å². The molecule has 0 aliphatic heterocycles. The lowest BCUT2D eigenvalue weighted by Crippen LogP contribution is -2.12. The fourth-order valence-corrected chi connectivity index (χ4v) is 9.69. The van der Waals surface area contributed by atoms with Crippen LogP contribution >= 0.6 is 0 Å². The van der Waals surface area contributed by atoms with Crippen LogP contribution in [-0.4, -0.2) is 4.57 Å². The largest absolute Gasteiger partial charge is 0.454 e. The third kappa shape index (κ3) is 6.55. The third-order valence-corrected chi connectivity index (χ3v) is 12.8. The van der Waals surface area contributed by atoms with E-state index in [1.165, 1.54) is 60.8 Å². The normalized spacial score (nSPS) is 15.9. The van der Waals surface area contributed by atoms with Crippen LogP contribution in [-0.2, 0) is 6.42 Å². The molecule has 59 heavy (non-hydrogen) atoms. The molecular weight excluding hydrogens is 715 g/mol. The maximum Gasteiger partial charge on any atom is 0.159 e. The van der Waals surface area contributed by atoms with Gasteiger partial charge in [-0.25, -0.2) is 0 Å². The molecule has 284 valence electrons. The molecule has 0 bridgehead atoms. The molecule has 0 saturated heterocycles. The van der Waals surface area contributed by atoms with Gasteiger partial charge in [-0.15, -0.1) is 0 Å². The molecule has 0 radical (unpaired) electrons. The average Bonchev–Trinajstić information content (AvgIpc) is 3.86. The van der Waals surface area contributed by atoms with Gasteiger partial charge in [-0.2, -0.15) is 0 Å². The molecule has 0 spiro atoms. The fourth-order valence-electron chi connectivity index (χ4n) is 9.69. The van der Waals surface area contributed by atoms with Gasteiger partial charge < -0.3 is 8.98 Å². The summed E-state index contributed by atoms with van der Waals surface area (Å²) < 4.78 is 8.89. The number of rotatable bonds is 9. The molecule has 2 heterocycles. The molecule has 2 atom stereocenters. The Balaban J connectivity index is 0.848. The van der Waals surface area contributed by atoms with Gasteiger partial charge in [0, 0.05) is 33.4 Å². The van der Waals surface area contributed by atoms with Gasteiger partial charge in [0.1, 0.15) is 5.58 Å². The maximum atomic E-state index is 6.52. The Bertz CT molecular complexity index is 3130. The van der Waals surface area contributed by atoms with Gasteiger partial charge in [0.05, 0.1) is 16.7 Å². The quantitative estimate of drug-likeness (QED) is 0.143. The number of aromatic nitrogens is 1. The minimum absolute atomic E-state index is 0.400. The van der Waals surface area contributed by atoms with Crippen molar-refractivity contribution in [2.75, 3.05) is 0 Å². The van der Waals surface area contributed by atoms with E-state index in [0.29, 0.717) is 11.8 Å². The lowest BCUT2D eigenvalue weighted by molar-refractivity contribution is 0.613. The van der Waals surface area contributed by atoms with Crippen LogP contribution in [0, 0.1) is 5.92 Å². The number of fused-ring (bicyclic) bond motifs is 6. The van der Waals surface area contributed by atoms with Crippen LogP contribution in [0.25, 0.3) is 71.7 Å². The highest BCUT2D eigenvalue weighted by Gasteiger charge is 2.22. The SMILES string of the molecule is C1=CCCC(C(CCc2ccc(-c3ccc4c(c3)c3ccccc3n4-c3cccc4c3oc3ccccc34)cc2)C2=CCC(c3cccc(-c4ccccc4)c3)C=C2)=C1. The van der Waals surface area contributed by atoms with Crippen molar-refractivity contribution < 1.29 is 4.42 Å². The minimum atomic E-state index is 0.400. The highest BCUT2D eigenvalue weighted by atomic mass is 16.3. The topological polar surface area (TPSA) is 18.1 Å². The predicted octanol–water partition coefficient (Wildman–Crippen LogP) is 15.5. The fraction of sp³-hybridized carbons (Fsp3) is 0.123. The van der Waals surface area contributed by atoms with Gasteiger partial charge in [-0.1, -0.05) is 175 Å². The molecule has 2 aliphatic rings. The number of allylic oxidation sites excluding steroid dienone is 8. The van der Waals surface area contributed by atoms with Crippen LogP contribution < -0.4 is 0 Å². The number of nitrogens with zero attached hydrogens (tertiary/aromatic N) is 1. The summed E-state index contributed by atoms with van der Waals surface area (Å²) in [4.78, 5) is 0. The van der Waals surface area contributed by atoms with E-state index in [4.69, 9.17) is 4.42 Å². The second-order valence-corrected chi connectivity index (χ2v) is 16.2. The zero-order valence-electron chi connectivity index (χ0n) is 33.1. The average molecular weight is 760 g/mol. The van der Waals surface area contributed by atoms with Crippen LogP contribution in [0.2, 0.25) is 0 Å². The molecule has 11 rings (SSSR count). The summed E-state index contributed by atoms with van der Waals surface area (Å²) in [6, 6.07) is 59.6. The molecule has 9 aromatic rings.